The molecular formula is C18H18F6O5. The summed E-state index contributed by atoms with van der Waals surface area (Å²) < 4.78 is 105. The first kappa shape index (κ1) is 21.7. The van der Waals surface area contributed by atoms with Crippen LogP contribution in [0.5, 0.6) is 11.5 Å². The van der Waals surface area contributed by atoms with Crippen LogP contribution in [0.2, 0.25) is 0 Å². The predicted molar refractivity (Wildman–Crippen MR) is 85.6 cm³/mol. The maximum atomic E-state index is 14.7. The molecule has 2 bridgehead atoms. The number of alkyl halides is 4. The van der Waals surface area contributed by atoms with E-state index in [0.717, 1.165) is 6.42 Å². The number of hydrogen-bond donors (Lipinski definition) is 0. The fourth-order valence-corrected chi connectivity index (χ4v) is 3.08. The van der Waals surface area contributed by atoms with Crippen LogP contribution in [0.15, 0.2) is 24.5 Å². The van der Waals surface area contributed by atoms with Gasteiger partial charge in [0.2, 0.25) is 0 Å². The molecule has 0 saturated carbocycles. The monoisotopic (exact) mass is 428 g/mol. The molecule has 11 heteroatoms. The SMILES string of the molecule is CCCC12COC(C(F)(F)Oc3cc(F)c(O/C=C/C(F)F)c(F)c3)(OC1)OC2. The lowest BCUT2D eigenvalue weighted by Gasteiger charge is -2.52. The average molecular weight is 428 g/mol. The smallest absolute Gasteiger partial charge is 0.459 e. The summed E-state index contributed by atoms with van der Waals surface area (Å²) in [6, 6.07) is 0.818. The second-order valence-electron chi connectivity index (χ2n) is 6.79. The highest BCUT2D eigenvalue weighted by molar-refractivity contribution is 5.35. The van der Waals surface area contributed by atoms with Gasteiger partial charge in [-0.1, -0.05) is 13.3 Å². The Morgan fingerprint density at radius 2 is 1.66 bits per heavy atom. The molecule has 0 atom stereocenters. The highest BCUT2D eigenvalue weighted by Crippen LogP contribution is 2.48. The average Bonchev–Trinajstić information content (AvgIpc) is 2.65. The van der Waals surface area contributed by atoms with Gasteiger partial charge in [-0.05, 0) is 6.42 Å². The number of benzene rings is 1. The maximum Gasteiger partial charge on any atom is 0.484 e. The molecule has 3 heterocycles. The van der Waals surface area contributed by atoms with Crippen molar-refractivity contribution in [2.24, 2.45) is 5.41 Å². The van der Waals surface area contributed by atoms with E-state index < -0.39 is 47.1 Å². The van der Waals surface area contributed by atoms with E-state index in [2.05, 4.69) is 9.47 Å². The Morgan fingerprint density at radius 1 is 1.10 bits per heavy atom. The molecule has 0 aliphatic carbocycles. The van der Waals surface area contributed by atoms with Gasteiger partial charge in [0.05, 0.1) is 26.1 Å². The first-order chi connectivity index (χ1) is 13.6. The summed E-state index contributed by atoms with van der Waals surface area (Å²) in [5.74, 6) is -7.69. The highest BCUT2D eigenvalue weighted by Gasteiger charge is 2.68. The minimum Gasteiger partial charge on any atom is -0.459 e. The minimum absolute atomic E-state index is 0.0498. The van der Waals surface area contributed by atoms with E-state index >= 15 is 0 Å². The minimum atomic E-state index is -4.25. The summed E-state index contributed by atoms with van der Waals surface area (Å²) >= 11 is 0. The quantitative estimate of drug-likeness (QED) is 0.447. The topological polar surface area (TPSA) is 46.2 Å². The summed E-state index contributed by atoms with van der Waals surface area (Å²) in [6.07, 6.45) is -5.11. The third-order valence-corrected chi connectivity index (χ3v) is 4.47. The molecule has 0 amide bonds. The fraction of sp³-hybridized carbons (Fsp3) is 0.556. The summed E-state index contributed by atoms with van der Waals surface area (Å²) in [7, 11) is 0. The Bertz CT molecular complexity index is 722. The first-order valence-corrected chi connectivity index (χ1v) is 8.71. The summed E-state index contributed by atoms with van der Waals surface area (Å²) in [5.41, 5.74) is -0.532. The zero-order chi connectivity index (χ0) is 21.3. The second-order valence-corrected chi connectivity index (χ2v) is 6.79. The first-order valence-electron chi connectivity index (χ1n) is 8.71. The van der Waals surface area contributed by atoms with Gasteiger partial charge in [-0.2, -0.15) is 8.78 Å². The van der Waals surface area contributed by atoms with Crippen LogP contribution < -0.4 is 9.47 Å². The van der Waals surface area contributed by atoms with Crippen molar-refractivity contribution in [2.75, 3.05) is 19.8 Å². The number of allylic oxidation sites excluding steroid dienone is 1. The summed E-state index contributed by atoms with van der Waals surface area (Å²) in [6.45, 7) is 1.77. The summed E-state index contributed by atoms with van der Waals surface area (Å²) in [4.78, 5) is 0. The van der Waals surface area contributed by atoms with E-state index in [4.69, 9.17) is 14.2 Å². The van der Waals surface area contributed by atoms with Crippen molar-refractivity contribution in [1.29, 1.82) is 0 Å². The van der Waals surface area contributed by atoms with E-state index in [-0.39, 0.29) is 25.9 Å². The second kappa shape index (κ2) is 8.04. The fourth-order valence-electron chi connectivity index (χ4n) is 3.08. The third-order valence-electron chi connectivity index (χ3n) is 4.47. The maximum absolute atomic E-state index is 14.7. The Balaban J connectivity index is 1.74. The lowest BCUT2D eigenvalue weighted by atomic mass is 9.84. The van der Waals surface area contributed by atoms with Crippen LogP contribution in [0.3, 0.4) is 0 Å². The van der Waals surface area contributed by atoms with Crippen LogP contribution in [0, 0.1) is 17.0 Å². The van der Waals surface area contributed by atoms with Crippen LogP contribution in [-0.4, -0.2) is 38.3 Å². The molecule has 3 aliphatic heterocycles. The van der Waals surface area contributed by atoms with Crippen LogP contribution in [0.25, 0.3) is 0 Å². The largest absolute Gasteiger partial charge is 0.484 e. The van der Waals surface area contributed by atoms with Crippen molar-refractivity contribution in [3.8, 4) is 11.5 Å². The van der Waals surface area contributed by atoms with Crippen LogP contribution in [0.4, 0.5) is 26.3 Å². The Morgan fingerprint density at radius 3 is 2.14 bits per heavy atom. The van der Waals surface area contributed by atoms with E-state index in [1.165, 1.54) is 0 Å². The van der Waals surface area contributed by atoms with E-state index in [0.29, 0.717) is 24.8 Å². The zero-order valence-corrected chi connectivity index (χ0v) is 15.2. The molecule has 0 N–H and O–H groups in total. The molecule has 0 radical (unpaired) electrons. The molecule has 1 aromatic carbocycles. The Kier molecular flexibility index (Phi) is 6.02. The number of halogens is 6. The standard InChI is InChI=1S/C18H18F6O5/c1-2-4-16-8-26-18(27-9-16,28-10-16)17(23,24)29-11-6-12(19)15(13(20)7-11)25-5-3-14(21)22/h3,5-7,14H,2,4,8-10H2,1H3/b5-3+. The van der Waals surface area contributed by atoms with Crippen LogP contribution >= 0.6 is 0 Å². The van der Waals surface area contributed by atoms with E-state index in [1.54, 1.807) is 0 Å². The molecule has 0 spiro atoms. The van der Waals surface area contributed by atoms with Gasteiger partial charge in [0.1, 0.15) is 5.75 Å². The van der Waals surface area contributed by atoms with Crippen molar-refractivity contribution in [3.63, 3.8) is 0 Å². The molecule has 5 nitrogen and oxygen atoms in total. The van der Waals surface area contributed by atoms with Gasteiger partial charge in [-0.3, -0.25) is 0 Å². The Hall–Kier alpha value is -1.98. The van der Waals surface area contributed by atoms with Gasteiger partial charge in [-0.15, -0.1) is 0 Å². The van der Waals surface area contributed by atoms with Gasteiger partial charge in [0, 0.05) is 23.6 Å². The van der Waals surface area contributed by atoms with Crippen molar-refractivity contribution in [3.05, 3.63) is 36.1 Å². The highest BCUT2D eigenvalue weighted by atomic mass is 19.3. The predicted octanol–water partition coefficient (Wildman–Crippen LogP) is 4.61. The molecule has 0 unspecified atom stereocenters. The van der Waals surface area contributed by atoms with Crippen LogP contribution in [0.1, 0.15) is 19.8 Å². The molecule has 162 valence electrons. The number of ether oxygens (including phenoxy) is 5. The molecule has 4 rings (SSSR count). The molecular weight excluding hydrogens is 410 g/mol. The van der Waals surface area contributed by atoms with Crippen molar-refractivity contribution in [1.82, 2.24) is 0 Å². The van der Waals surface area contributed by atoms with Gasteiger partial charge < -0.3 is 23.7 Å². The number of hydrogen-bond acceptors (Lipinski definition) is 5. The molecule has 1 aromatic rings. The van der Waals surface area contributed by atoms with E-state index in [9.17, 15) is 26.3 Å². The van der Waals surface area contributed by atoms with Gasteiger partial charge >= 0.3 is 12.1 Å². The lowest BCUT2D eigenvalue weighted by Crippen LogP contribution is -2.68. The van der Waals surface area contributed by atoms with Gasteiger partial charge in [0.15, 0.2) is 17.4 Å². The van der Waals surface area contributed by atoms with Crippen LogP contribution in [-0.2, 0) is 14.2 Å². The van der Waals surface area contributed by atoms with Crippen molar-refractivity contribution < 1.29 is 50.0 Å². The van der Waals surface area contributed by atoms with Crippen molar-refractivity contribution in [2.45, 2.75) is 38.3 Å². The van der Waals surface area contributed by atoms with Gasteiger partial charge in [-0.25, -0.2) is 17.6 Å². The molecule has 3 fully saturated rings. The molecule has 29 heavy (non-hydrogen) atoms. The van der Waals surface area contributed by atoms with E-state index in [1.807, 2.05) is 6.92 Å². The number of rotatable bonds is 8. The Labute approximate surface area is 162 Å². The van der Waals surface area contributed by atoms with Crippen molar-refractivity contribution >= 4 is 0 Å². The third kappa shape index (κ3) is 4.31. The molecule has 3 saturated heterocycles. The summed E-state index contributed by atoms with van der Waals surface area (Å²) in [5, 5.41) is 0. The normalized spacial score (nSPS) is 27.0. The lowest BCUT2D eigenvalue weighted by molar-refractivity contribution is -0.548. The molecule has 0 aromatic heterocycles. The number of fused-ring (bicyclic) bond motifs is 3. The molecule has 3 aliphatic rings. The zero-order valence-electron chi connectivity index (χ0n) is 15.2. The van der Waals surface area contributed by atoms with Gasteiger partial charge in [0.25, 0.3) is 6.43 Å².